The summed E-state index contributed by atoms with van der Waals surface area (Å²) in [4.78, 5) is 13.6. The van der Waals surface area contributed by atoms with Crippen molar-refractivity contribution in [1.29, 1.82) is 0 Å². The molecule has 2 aromatic carbocycles. The van der Waals surface area contributed by atoms with E-state index in [1.165, 1.54) is 0 Å². The van der Waals surface area contributed by atoms with Gasteiger partial charge < -0.3 is 23.4 Å². The first-order chi connectivity index (χ1) is 19.1. The van der Waals surface area contributed by atoms with E-state index < -0.39 is 14.3 Å². The summed E-state index contributed by atoms with van der Waals surface area (Å²) in [7, 11) is -0.564. The van der Waals surface area contributed by atoms with Gasteiger partial charge in [-0.3, -0.25) is 0 Å². The van der Waals surface area contributed by atoms with Crippen molar-refractivity contribution in [2.24, 2.45) is 11.8 Å². The lowest BCUT2D eigenvalue weighted by Crippen LogP contribution is -2.42. The summed E-state index contributed by atoms with van der Waals surface area (Å²) in [6.07, 6.45) is 3.22. The van der Waals surface area contributed by atoms with Crippen molar-refractivity contribution in [2.75, 3.05) is 13.7 Å². The summed E-state index contributed by atoms with van der Waals surface area (Å²) in [5.74, 6) is 2.32. The van der Waals surface area contributed by atoms with Crippen molar-refractivity contribution in [3.05, 3.63) is 52.6 Å². The highest BCUT2D eigenvalue weighted by atomic mass is 28.4. The van der Waals surface area contributed by atoms with Crippen LogP contribution in [0.15, 0.2) is 24.8 Å². The van der Waals surface area contributed by atoms with Crippen LogP contribution < -0.4 is 14.2 Å². The van der Waals surface area contributed by atoms with E-state index in [0.29, 0.717) is 41.4 Å². The zero-order chi connectivity index (χ0) is 30.7. The fourth-order valence-corrected chi connectivity index (χ4v) is 6.04. The topological polar surface area (TPSA) is 63.2 Å². The predicted octanol–water partition coefficient (Wildman–Crippen LogP) is 9.64. The molecule has 1 aliphatic rings. The van der Waals surface area contributed by atoms with Gasteiger partial charge in [-0.25, -0.2) is 4.79 Å². The maximum absolute atomic E-state index is 13.6. The molecule has 2 aromatic rings. The van der Waals surface area contributed by atoms with Crippen LogP contribution in [-0.4, -0.2) is 28.0 Å². The van der Waals surface area contributed by atoms with Gasteiger partial charge in [0.1, 0.15) is 23.7 Å². The third kappa shape index (κ3) is 7.36. The Morgan fingerprint density at radius 1 is 1.12 bits per heavy atom. The maximum atomic E-state index is 13.6. The van der Waals surface area contributed by atoms with Crippen molar-refractivity contribution in [1.82, 2.24) is 0 Å². The number of benzene rings is 2. The maximum Gasteiger partial charge on any atom is 0.346 e. The average Bonchev–Trinajstić information content (AvgIpc) is 2.85. The zero-order valence-electron chi connectivity index (χ0n) is 27.0. The van der Waals surface area contributed by atoms with Crippen LogP contribution in [0.5, 0.6) is 23.0 Å². The smallest absolute Gasteiger partial charge is 0.346 e. The number of hydrogen-bond acceptors (Lipinski definition) is 6. The Morgan fingerprint density at radius 3 is 2.37 bits per heavy atom. The van der Waals surface area contributed by atoms with Gasteiger partial charge in [0.15, 0.2) is 19.8 Å². The van der Waals surface area contributed by atoms with Crippen molar-refractivity contribution >= 4 is 20.4 Å². The Hall–Kier alpha value is -2.77. The molecule has 0 unspecified atom stereocenters. The van der Waals surface area contributed by atoms with Crippen molar-refractivity contribution in [3.63, 3.8) is 0 Å². The van der Waals surface area contributed by atoms with Gasteiger partial charge in [0.05, 0.1) is 19.8 Å². The normalized spacial score (nSPS) is 14.4. The second-order valence-corrected chi connectivity index (χ2v) is 18.1. The molecule has 0 bridgehead atoms. The molecule has 226 valence electrons. The van der Waals surface area contributed by atoms with Gasteiger partial charge in [-0.05, 0) is 79.1 Å². The number of ether oxygens (including phenoxy) is 4. The number of rotatable bonds is 11. The lowest BCUT2D eigenvalue weighted by atomic mass is 9.96. The SMILES string of the molecule is C=Cc1c(C)cc(OCCC(C)C)c2c1COC(=O)c1c(ccc([C@H](CC(C)C)O[Si](C)(C)C(C)(C)C)c1OC)O2. The Balaban J connectivity index is 2.18. The molecular formula is C34H50O6Si. The van der Waals surface area contributed by atoms with E-state index in [1.54, 1.807) is 13.2 Å². The van der Waals surface area contributed by atoms with Crippen LogP contribution in [-0.2, 0) is 15.8 Å². The minimum atomic E-state index is -2.14. The van der Waals surface area contributed by atoms with Crippen molar-refractivity contribution in [3.8, 4) is 23.0 Å². The number of cyclic esters (lactones) is 1. The molecule has 0 N–H and O–H groups in total. The molecule has 0 saturated carbocycles. The molecule has 0 spiro atoms. The summed E-state index contributed by atoms with van der Waals surface area (Å²) in [5, 5.41) is 0.0256. The minimum Gasteiger partial charge on any atom is -0.495 e. The predicted molar refractivity (Wildman–Crippen MR) is 169 cm³/mol. The van der Waals surface area contributed by atoms with Crippen LogP contribution in [0, 0.1) is 18.8 Å². The molecular weight excluding hydrogens is 532 g/mol. The van der Waals surface area contributed by atoms with E-state index in [0.717, 1.165) is 35.1 Å². The van der Waals surface area contributed by atoms with Gasteiger partial charge in [0, 0.05) is 11.1 Å². The molecule has 1 atom stereocenters. The van der Waals surface area contributed by atoms with Crippen molar-refractivity contribution < 1.29 is 28.2 Å². The lowest BCUT2D eigenvalue weighted by Gasteiger charge is -2.40. The Bertz CT molecular complexity index is 1260. The highest BCUT2D eigenvalue weighted by Gasteiger charge is 2.41. The quantitative estimate of drug-likeness (QED) is 0.194. The Labute approximate surface area is 248 Å². The Morgan fingerprint density at radius 2 is 1.80 bits per heavy atom. The molecule has 1 heterocycles. The van der Waals surface area contributed by atoms with Gasteiger partial charge >= 0.3 is 5.97 Å². The number of esters is 1. The summed E-state index contributed by atoms with van der Waals surface area (Å²) in [5.41, 5.74) is 3.68. The molecule has 0 radical (unpaired) electrons. The molecule has 0 aromatic heterocycles. The van der Waals surface area contributed by atoms with E-state index in [-0.39, 0.29) is 23.3 Å². The van der Waals surface area contributed by atoms with Gasteiger partial charge in [0.25, 0.3) is 0 Å². The number of methoxy groups -OCH3 is 1. The molecule has 0 saturated heterocycles. The van der Waals surface area contributed by atoms with Crippen LogP contribution in [0.4, 0.5) is 0 Å². The van der Waals surface area contributed by atoms with Gasteiger partial charge in [0.2, 0.25) is 0 Å². The minimum absolute atomic E-state index is 0.0256. The number of fused-ring (bicyclic) bond motifs is 2. The van der Waals surface area contributed by atoms with Crippen LogP contribution in [0.2, 0.25) is 18.1 Å². The summed E-state index contributed by atoms with van der Waals surface area (Å²) in [6, 6.07) is 5.77. The standard InChI is InChI=1S/C34H50O6Si/c1-13-24-23(6)19-29(37-17-16-21(2)3)31-26(24)20-38-33(35)30-27(39-31)15-14-25(32(30)36-10)28(18-22(4)5)40-41(11,12)34(7,8)9/h13-15,19,21-22,28H,1,16-18,20H2,2-12H3/t28-/m0/s1. The first-order valence-corrected chi connectivity index (χ1v) is 17.7. The highest BCUT2D eigenvalue weighted by Crippen LogP contribution is 2.48. The first kappa shape index (κ1) is 32.7. The highest BCUT2D eigenvalue weighted by molar-refractivity contribution is 6.74. The summed E-state index contributed by atoms with van der Waals surface area (Å²) < 4.78 is 31.6. The number of carbonyl (C=O) groups excluding carboxylic acids is 1. The molecule has 7 heteroatoms. The third-order valence-electron chi connectivity index (χ3n) is 8.15. The number of hydrogen-bond donors (Lipinski definition) is 0. The summed E-state index contributed by atoms with van der Waals surface area (Å²) in [6.45, 7) is 26.4. The molecule has 0 fully saturated rings. The molecule has 1 aliphatic heterocycles. The zero-order valence-corrected chi connectivity index (χ0v) is 28.0. The van der Waals surface area contributed by atoms with Crippen LogP contribution in [0.25, 0.3) is 6.08 Å². The van der Waals surface area contributed by atoms with Gasteiger partial charge in [-0.2, -0.15) is 0 Å². The van der Waals surface area contributed by atoms with Crippen LogP contribution in [0.3, 0.4) is 0 Å². The average molecular weight is 583 g/mol. The first-order valence-electron chi connectivity index (χ1n) is 14.8. The largest absolute Gasteiger partial charge is 0.495 e. The molecule has 0 aliphatic carbocycles. The molecule has 0 amide bonds. The lowest BCUT2D eigenvalue weighted by molar-refractivity contribution is 0.0453. The monoisotopic (exact) mass is 582 g/mol. The molecule has 6 nitrogen and oxygen atoms in total. The van der Waals surface area contributed by atoms with Gasteiger partial charge in [-0.1, -0.05) is 61.1 Å². The fraction of sp³-hybridized carbons (Fsp3) is 0.559. The van der Waals surface area contributed by atoms with E-state index in [9.17, 15) is 4.79 Å². The van der Waals surface area contributed by atoms with E-state index in [4.69, 9.17) is 23.4 Å². The van der Waals surface area contributed by atoms with Crippen molar-refractivity contribution in [2.45, 2.75) is 99.1 Å². The fourth-order valence-electron chi connectivity index (χ4n) is 4.75. The Kier molecular flexibility index (Phi) is 10.4. The van der Waals surface area contributed by atoms with Gasteiger partial charge in [-0.15, -0.1) is 0 Å². The number of aryl methyl sites for hydroxylation is 1. The second-order valence-electron chi connectivity index (χ2n) is 13.4. The van der Waals surface area contributed by atoms with E-state index >= 15 is 0 Å². The molecule has 3 rings (SSSR count). The van der Waals surface area contributed by atoms with E-state index in [2.05, 4.69) is 68.1 Å². The van der Waals surface area contributed by atoms with Crippen LogP contribution >= 0.6 is 0 Å². The summed E-state index contributed by atoms with van der Waals surface area (Å²) >= 11 is 0. The van der Waals surface area contributed by atoms with Crippen LogP contribution in [0.1, 0.15) is 100 Å². The molecule has 41 heavy (non-hydrogen) atoms. The third-order valence-corrected chi connectivity index (χ3v) is 12.6. The number of carbonyl (C=O) groups is 1. The van der Waals surface area contributed by atoms with E-state index in [1.807, 2.05) is 25.1 Å². The second kappa shape index (κ2) is 13.0.